The van der Waals surface area contributed by atoms with Crippen molar-refractivity contribution in [1.82, 2.24) is 0 Å². The summed E-state index contributed by atoms with van der Waals surface area (Å²) in [6.45, 7) is 0. The van der Waals surface area contributed by atoms with Gasteiger partial charge in [-0.15, -0.1) is 0 Å². The summed E-state index contributed by atoms with van der Waals surface area (Å²) in [5.74, 6) is -11.1. The molecule has 0 aliphatic carbocycles. The minimum absolute atomic E-state index is 0.197. The molecule has 1 atom stereocenters. The molecule has 13 nitrogen and oxygen atoms in total. The zero-order valence-electron chi connectivity index (χ0n) is 21.4. The maximum absolute atomic E-state index is 13.5. The number of rotatable bonds is 0. The van der Waals surface area contributed by atoms with E-state index in [1.165, 1.54) is 6.07 Å². The second-order valence-corrected chi connectivity index (χ2v) is 10.2. The first-order chi connectivity index (χ1) is 20.3. The molecule has 13 heteroatoms. The van der Waals surface area contributed by atoms with E-state index in [2.05, 4.69) is 0 Å². The zero-order valence-corrected chi connectivity index (χ0v) is 21.4. The molecule has 43 heavy (non-hydrogen) atoms. The second-order valence-electron chi connectivity index (χ2n) is 10.2. The van der Waals surface area contributed by atoms with Crippen molar-refractivity contribution in [3.8, 4) is 85.3 Å². The molecule has 0 fully saturated rings. The van der Waals surface area contributed by atoms with Crippen molar-refractivity contribution in [2.75, 3.05) is 0 Å². The van der Waals surface area contributed by atoms with Crippen LogP contribution in [0.1, 0.15) is 22.3 Å². The van der Waals surface area contributed by atoms with E-state index in [-0.39, 0.29) is 11.3 Å². The van der Waals surface area contributed by atoms with Crippen LogP contribution in [0.3, 0.4) is 0 Å². The quantitative estimate of drug-likeness (QED) is 0.118. The molecule has 4 bridgehead atoms. The van der Waals surface area contributed by atoms with Crippen LogP contribution >= 0.6 is 0 Å². The van der Waals surface area contributed by atoms with Crippen LogP contribution in [0.15, 0.2) is 51.7 Å². The van der Waals surface area contributed by atoms with E-state index in [0.717, 1.165) is 36.4 Å². The van der Waals surface area contributed by atoms with Crippen molar-refractivity contribution < 1.29 is 59.9 Å². The third-order valence-corrected chi connectivity index (χ3v) is 7.65. The summed E-state index contributed by atoms with van der Waals surface area (Å²) in [6, 6.07) is 6.65. The van der Waals surface area contributed by atoms with Crippen LogP contribution in [-0.2, 0) is 5.79 Å². The number of carbonyl (C=O) groups excluding carboxylic acids is 1. The highest BCUT2D eigenvalue weighted by atomic mass is 16.6. The third-order valence-electron chi connectivity index (χ3n) is 7.65. The highest BCUT2D eigenvalue weighted by Gasteiger charge is 2.47. The molecular weight excluding hydrogens is 568 g/mol. The first-order valence-electron chi connectivity index (χ1n) is 12.5. The van der Waals surface area contributed by atoms with Crippen LogP contribution in [0.2, 0.25) is 0 Å². The molecule has 0 amide bonds. The van der Waals surface area contributed by atoms with Crippen LogP contribution in [0.25, 0.3) is 44.5 Å². The van der Waals surface area contributed by atoms with Crippen molar-refractivity contribution in [3.63, 3.8) is 0 Å². The molecule has 216 valence electrons. The molecule has 0 radical (unpaired) electrons. The number of phenolic OH excluding ortho intramolecular Hbond substituents is 8. The SMILES string of the molecule is O=C1C[C@]2(O)Oc3c1c(O)cc(O)c3-c1c(ccc(O)c1O)-c1cc(=O)c3c(O)cc(O)c(c3o1)-c1c2ccc(O)c1O. The van der Waals surface area contributed by atoms with Crippen LogP contribution in [-0.4, -0.2) is 51.7 Å². The Morgan fingerprint density at radius 1 is 0.628 bits per heavy atom. The lowest BCUT2D eigenvalue weighted by Crippen LogP contribution is -2.40. The highest BCUT2D eigenvalue weighted by molar-refractivity contribution is 6.09. The Kier molecular flexibility index (Phi) is 4.95. The van der Waals surface area contributed by atoms with Gasteiger partial charge in [0.2, 0.25) is 5.79 Å². The summed E-state index contributed by atoms with van der Waals surface area (Å²) in [7, 11) is 0. The lowest BCUT2D eigenvalue weighted by molar-refractivity contribution is -0.146. The maximum Gasteiger partial charge on any atom is 0.243 e. The zero-order chi connectivity index (χ0) is 30.7. The summed E-state index contributed by atoms with van der Waals surface area (Å²) in [5.41, 5.74) is -4.61. The number of carbonyl (C=O) groups is 1. The Balaban J connectivity index is 1.81. The molecule has 0 saturated heterocycles. The molecule has 0 spiro atoms. The van der Waals surface area contributed by atoms with E-state index in [1.54, 1.807) is 0 Å². The molecule has 2 aliphatic rings. The van der Waals surface area contributed by atoms with Gasteiger partial charge in [0, 0.05) is 40.5 Å². The van der Waals surface area contributed by atoms with Crippen LogP contribution in [0, 0.1) is 0 Å². The summed E-state index contributed by atoms with van der Waals surface area (Å²) < 4.78 is 12.0. The number of benzene rings is 4. The topological polar surface area (TPSA) is 239 Å². The van der Waals surface area contributed by atoms with E-state index in [1.807, 2.05) is 0 Å². The normalized spacial score (nSPS) is 16.6. The number of aromatic hydroxyl groups is 8. The van der Waals surface area contributed by atoms with E-state index in [0.29, 0.717) is 0 Å². The molecule has 7 rings (SSSR count). The average Bonchev–Trinajstić information content (AvgIpc) is 2.91. The molecule has 0 unspecified atom stereocenters. The molecular formula is C30H18O13. The number of fused-ring (bicyclic) bond motifs is 8. The van der Waals surface area contributed by atoms with E-state index >= 15 is 0 Å². The summed E-state index contributed by atoms with van der Waals surface area (Å²) in [5, 5.41) is 97.8. The summed E-state index contributed by atoms with van der Waals surface area (Å²) in [4.78, 5) is 26.9. The molecule has 2 aliphatic heterocycles. The van der Waals surface area contributed by atoms with Gasteiger partial charge in [-0.25, -0.2) is 0 Å². The first-order valence-corrected chi connectivity index (χ1v) is 12.5. The molecule has 5 aromatic rings. The van der Waals surface area contributed by atoms with Crippen molar-refractivity contribution in [2.24, 2.45) is 0 Å². The Hall–Kier alpha value is -6.08. The largest absolute Gasteiger partial charge is 0.507 e. The molecule has 3 heterocycles. The lowest BCUT2D eigenvalue weighted by atomic mass is 9.84. The van der Waals surface area contributed by atoms with Crippen molar-refractivity contribution in [2.45, 2.75) is 12.2 Å². The fraction of sp³-hybridized carbons (Fsp3) is 0.0667. The Bertz CT molecular complexity index is 2180. The molecule has 0 saturated carbocycles. The minimum Gasteiger partial charge on any atom is -0.507 e. The monoisotopic (exact) mass is 586 g/mol. The lowest BCUT2D eigenvalue weighted by Gasteiger charge is -2.36. The van der Waals surface area contributed by atoms with Gasteiger partial charge in [-0.3, -0.25) is 9.59 Å². The van der Waals surface area contributed by atoms with Gasteiger partial charge in [-0.05, 0) is 24.3 Å². The van der Waals surface area contributed by atoms with E-state index < -0.39 is 120 Å². The fourth-order valence-corrected chi connectivity index (χ4v) is 5.78. The predicted molar refractivity (Wildman–Crippen MR) is 146 cm³/mol. The smallest absolute Gasteiger partial charge is 0.243 e. The Morgan fingerprint density at radius 3 is 1.95 bits per heavy atom. The number of aliphatic hydroxyl groups is 1. The Morgan fingerprint density at radius 2 is 1.23 bits per heavy atom. The predicted octanol–water partition coefficient (Wildman–Crippen LogP) is 3.56. The summed E-state index contributed by atoms with van der Waals surface area (Å²) in [6.07, 6.45) is -0.917. The maximum atomic E-state index is 13.5. The minimum atomic E-state index is -2.76. The van der Waals surface area contributed by atoms with Gasteiger partial charge >= 0.3 is 0 Å². The number of hydrogen-bond acceptors (Lipinski definition) is 13. The van der Waals surface area contributed by atoms with E-state index in [9.17, 15) is 55.5 Å². The highest BCUT2D eigenvalue weighted by Crippen LogP contribution is 2.58. The fourth-order valence-electron chi connectivity index (χ4n) is 5.78. The van der Waals surface area contributed by atoms with Crippen LogP contribution in [0.5, 0.6) is 51.7 Å². The number of hydrogen-bond donors (Lipinski definition) is 9. The third kappa shape index (κ3) is 3.30. The van der Waals surface area contributed by atoms with Crippen molar-refractivity contribution >= 4 is 16.8 Å². The van der Waals surface area contributed by atoms with Crippen molar-refractivity contribution in [1.29, 1.82) is 0 Å². The van der Waals surface area contributed by atoms with Gasteiger partial charge in [0.25, 0.3) is 0 Å². The van der Waals surface area contributed by atoms with Crippen LogP contribution in [0.4, 0.5) is 0 Å². The van der Waals surface area contributed by atoms with E-state index in [4.69, 9.17) is 9.15 Å². The number of ketones is 1. The number of ether oxygens (including phenoxy) is 1. The van der Waals surface area contributed by atoms with Gasteiger partial charge in [0.1, 0.15) is 45.5 Å². The number of Topliss-reactive ketones (excluding diaryl/α,β-unsaturated/α-hetero) is 1. The molecule has 1 aromatic heterocycles. The molecule has 9 N–H and O–H groups in total. The average molecular weight is 586 g/mol. The Labute approximate surface area is 238 Å². The van der Waals surface area contributed by atoms with Gasteiger partial charge in [0.05, 0.1) is 17.5 Å². The van der Waals surface area contributed by atoms with Gasteiger partial charge in [-0.1, -0.05) is 0 Å². The molecule has 4 aromatic carbocycles. The first kappa shape index (κ1) is 25.9. The summed E-state index contributed by atoms with van der Waals surface area (Å²) >= 11 is 0. The second kappa shape index (κ2) is 8.24. The number of phenols is 8. The van der Waals surface area contributed by atoms with Gasteiger partial charge in [0.15, 0.2) is 39.8 Å². The van der Waals surface area contributed by atoms with Gasteiger partial charge < -0.3 is 55.1 Å². The van der Waals surface area contributed by atoms with Crippen LogP contribution < -0.4 is 10.2 Å². The van der Waals surface area contributed by atoms with Crippen molar-refractivity contribution in [3.05, 3.63) is 63.8 Å². The van der Waals surface area contributed by atoms with Gasteiger partial charge in [-0.2, -0.15) is 0 Å². The standard InChI is InChI=1S/C30H18O13/c31-11-3-1-9-19-7-17(37)22-13(33)5-16(36)25(28(22)42-19)21-10(2-4-12(32)27(21)40)30(41)8-18(38)23-14(34)6-15(35)24(29(23)43-30)20(9)26(11)39/h1-7,31-36,39-41H,8H2/t30-/m0/s1.